The van der Waals surface area contributed by atoms with E-state index in [-0.39, 0.29) is 5.92 Å². The minimum atomic E-state index is 0.224. The van der Waals surface area contributed by atoms with Crippen molar-refractivity contribution in [3.8, 4) is 5.75 Å². The van der Waals surface area contributed by atoms with E-state index in [0.29, 0.717) is 6.61 Å². The minimum Gasteiger partial charge on any atom is -0.492 e. The van der Waals surface area contributed by atoms with Crippen LogP contribution in [0.5, 0.6) is 5.75 Å². The van der Waals surface area contributed by atoms with Gasteiger partial charge in [0.25, 0.3) is 0 Å². The molecule has 0 bridgehead atoms. The van der Waals surface area contributed by atoms with Crippen molar-refractivity contribution in [2.45, 2.75) is 5.92 Å². The summed E-state index contributed by atoms with van der Waals surface area (Å²) in [7, 11) is 4.09. The number of ether oxygens (including phenoxy) is 1. The van der Waals surface area contributed by atoms with E-state index in [4.69, 9.17) is 4.74 Å². The standard InChI is InChI=1S/C19H23NO/c1-4-19(16-8-6-5-7-9-16)17-10-12-18(13-11-17)21-15-14-20(2)3/h4-13,19H,1,14-15H2,2-3H3. The summed E-state index contributed by atoms with van der Waals surface area (Å²) >= 11 is 0. The second-order valence-electron chi connectivity index (χ2n) is 5.34. The molecule has 0 fully saturated rings. The van der Waals surface area contributed by atoms with Crippen LogP contribution in [0, 0.1) is 0 Å². The van der Waals surface area contributed by atoms with Gasteiger partial charge in [0.15, 0.2) is 0 Å². The summed E-state index contributed by atoms with van der Waals surface area (Å²) in [5.41, 5.74) is 2.49. The number of hydrogen-bond acceptors (Lipinski definition) is 2. The van der Waals surface area contributed by atoms with E-state index in [0.717, 1.165) is 12.3 Å². The van der Waals surface area contributed by atoms with Gasteiger partial charge >= 0.3 is 0 Å². The van der Waals surface area contributed by atoms with Crippen molar-refractivity contribution in [2.75, 3.05) is 27.2 Å². The highest BCUT2D eigenvalue weighted by molar-refractivity contribution is 5.38. The zero-order chi connectivity index (χ0) is 15.1. The van der Waals surface area contributed by atoms with E-state index < -0.39 is 0 Å². The molecule has 0 radical (unpaired) electrons. The molecule has 0 aliphatic rings. The molecule has 21 heavy (non-hydrogen) atoms. The number of rotatable bonds is 7. The highest BCUT2D eigenvalue weighted by Crippen LogP contribution is 2.27. The monoisotopic (exact) mass is 281 g/mol. The molecular weight excluding hydrogens is 258 g/mol. The van der Waals surface area contributed by atoms with Crippen LogP contribution < -0.4 is 4.74 Å². The summed E-state index contributed by atoms with van der Waals surface area (Å²) in [5.74, 6) is 1.14. The molecule has 0 saturated heterocycles. The summed E-state index contributed by atoms with van der Waals surface area (Å²) in [6.07, 6.45) is 1.98. The van der Waals surface area contributed by atoms with Crippen molar-refractivity contribution in [1.82, 2.24) is 4.90 Å². The van der Waals surface area contributed by atoms with Crippen molar-refractivity contribution in [3.05, 3.63) is 78.4 Å². The van der Waals surface area contributed by atoms with Gasteiger partial charge in [-0.05, 0) is 37.4 Å². The Hall–Kier alpha value is -2.06. The van der Waals surface area contributed by atoms with E-state index in [1.54, 1.807) is 0 Å². The number of likely N-dealkylation sites (N-methyl/N-ethyl adjacent to an activating group) is 1. The third-order valence-corrected chi connectivity index (χ3v) is 3.44. The molecule has 1 unspecified atom stereocenters. The van der Waals surface area contributed by atoms with E-state index >= 15 is 0 Å². The Morgan fingerprint density at radius 2 is 1.62 bits per heavy atom. The molecule has 0 aromatic heterocycles. The summed E-state index contributed by atoms with van der Waals surface area (Å²) in [5, 5.41) is 0. The third-order valence-electron chi connectivity index (χ3n) is 3.44. The Morgan fingerprint density at radius 1 is 1.00 bits per heavy atom. The molecule has 0 spiro atoms. The average Bonchev–Trinajstić information content (AvgIpc) is 2.50. The van der Waals surface area contributed by atoms with Gasteiger partial charge < -0.3 is 9.64 Å². The van der Waals surface area contributed by atoms with Crippen LogP contribution in [0.3, 0.4) is 0 Å². The first kappa shape index (κ1) is 15.3. The van der Waals surface area contributed by atoms with Crippen molar-refractivity contribution >= 4 is 0 Å². The van der Waals surface area contributed by atoms with Gasteiger partial charge in [0, 0.05) is 12.5 Å². The van der Waals surface area contributed by atoms with Gasteiger partial charge in [-0.1, -0.05) is 48.5 Å². The van der Waals surface area contributed by atoms with E-state index in [9.17, 15) is 0 Å². The molecule has 2 heteroatoms. The Labute approximate surface area is 127 Å². The largest absolute Gasteiger partial charge is 0.492 e. The molecule has 0 N–H and O–H groups in total. The van der Waals surface area contributed by atoms with Gasteiger partial charge in [-0.15, -0.1) is 6.58 Å². The number of allylic oxidation sites excluding steroid dienone is 1. The van der Waals surface area contributed by atoms with Gasteiger partial charge in [0.2, 0.25) is 0 Å². The van der Waals surface area contributed by atoms with E-state index in [2.05, 4.69) is 47.9 Å². The lowest BCUT2D eigenvalue weighted by atomic mass is 9.91. The second-order valence-corrected chi connectivity index (χ2v) is 5.34. The van der Waals surface area contributed by atoms with E-state index in [1.807, 2.05) is 38.4 Å². The number of benzene rings is 2. The Morgan fingerprint density at radius 3 is 2.19 bits per heavy atom. The highest BCUT2D eigenvalue weighted by atomic mass is 16.5. The molecule has 2 nitrogen and oxygen atoms in total. The topological polar surface area (TPSA) is 12.5 Å². The molecule has 110 valence electrons. The van der Waals surface area contributed by atoms with Gasteiger partial charge in [-0.3, -0.25) is 0 Å². The maximum absolute atomic E-state index is 5.72. The van der Waals surface area contributed by atoms with Crippen LogP contribution in [-0.4, -0.2) is 32.1 Å². The quantitative estimate of drug-likeness (QED) is 0.713. The Kier molecular flexibility index (Phi) is 5.59. The normalized spacial score (nSPS) is 12.1. The fourth-order valence-electron chi connectivity index (χ4n) is 2.24. The molecule has 0 aliphatic heterocycles. The molecular formula is C19H23NO. The molecule has 2 aromatic rings. The molecule has 2 rings (SSSR count). The zero-order valence-corrected chi connectivity index (χ0v) is 12.8. The fraction of sp³-hybridized carbons (Fsp3) is 0.263. The van der Waals surface area contributed by atoms with Crippen molar-refractivity contribution in [2.24, 2.45) is 0 Å². The van der Waals surface area contributed by atoms with Crippen LogP contribution in [0.1, 0.15) is 17.0 Å². The summed E-state index contributed by atoms with van der Waals surface area (Å²) < 4.78 is 5.72. The summed E-state index contributed by atoms with van der Waals surface area (Å²) in [6.45, 7) is 5.59. The van der Waals surface area contributed by atoms with Crippen molar-refractivity contribution < 1.29 is 4.74 Å². The van der Waals surface area contributed by atoms with Crippen LogP contribution in [-0.2, 0) is 0 Å². The first-order valence-electron chi connectivity index (χ1n) is 7.25. The first-order chi connectivity index (χ1) is 10.2. The first-order valence-corrected chi connectivity index (χ1v) is 7.25. The van der Waals surface area contributed by atoms with E-state index in [1.165, 1.54) is 11.1 Å². The number of hydrogen-bond donors (Lipinski definition) is 0. The van der Waals surface area contributed by atoms with Crippen LogP contribution in [0.25, 0.3) is 0 Å². The summed E-state index contributed by atoms with van der Waals surface area (Å²) in [6, 6.07) is 18.7. The van der Waals surface area contributed by atoms with Crippen LogP contribution >= 0.6 is 0 Å². The van der Waals surface area contributed by atoms with Crippen LogP contribution in [0.2, 0.25) is 0 Å². The Balaban J connectivity index is 2.05. The smallest absolute Gasteiger partial charge is 0.119 e. The molecule has 1 atom stereocenters. The second kappa shape index (κ2) is 7.65. The molecule has 0 heterocycles. The highest BCUT2D eigenvalue weighted by Gasteiger charge is 2.09. The molecule has 0 aliphatic carbocycles. The lowest BCUT2D eigenvalue weighted by Crippen LogP contribution is -2.19. The van der Waals surface area contributed by atoms with Crippen molar-refractivity contribution in [3.63, 3.8) is 0 Å². The van der Waals surface area contributed by atoms with Crippen LogP contribution in [0.4, 0.5) is 0 Å². The predicted octanol–water partition coefficient (Wildman–Crippen LogP) is 3.94. The Bertz CT molecular complexity index is 546. The fourth-order valence-corrected chi connectivity index (χ4v) is 2.24. The minimum absolute atomic E-state index is 0.224. The SMILES string of the molecule is C=CC(c1ccccc1)c1ccc(OCCN(C)C)cc1. The third kappa shape index (κ3) is 4.47. The molecule has 0 amide bonds. The van der Waals surface area contributed by atoms with Gasteiger partial charge in [0.05, 0.1) is 0 Å². The van der Waals surface area contributed by atoms with Crippen LogP contribution in [0.15, 0.2) is 67.3 Å². The van der Waals surface area contributed by atoms with Gasteiger partial charge in [0.1, 0.15) is 12.4 Å². The van der Waals surface area contributed by atoms with Gasteiger partial charge in [-0.2, -0.15) is 0 Å². The average molecular weight is 281 g/mol. The summed E-state index contributed by atoms with van der Waals surface area (Å²) in [4.78, 5) is 2.11. The lowest BCUT2D eigenvalue weighted by molar-refractivity contribution is 0.261. The zero-order valence-electron chi connectivity index (χ0n) is 12.8. The lowest BCUT2D eigenvalue weighted by Gasteiger charge is -2.15. The number of nitrogens with zero attached hydrogens (tertiary/aromatic N) is 1. The predicted molar refractivity (Wildman–Crippen MR) is 89.0 cm³/mol. The maximum atomic E-state index is 5.72. The molecule has 0 saturated carbocycles. The van der Waals surface area contributed by atoms with Gasteiger partial charge in [-0.25, -0.2) is 0 Å². The molecule has 2 aromatic carbocycles. The van der Waals surface area contributed by atoms with Crippen molar-refractivity contribution in [1.29, 1.82) is 0 Å². The maximum Gasteiger partial charge on any atom is 0.119 e.